The molecule has 2 aromatic rings. The first-order valence-electron chi connectivity index (χ1n) is 6.14. The van der Waals surface area contributed by atoms with Crippen LogP contribution in [-0.4, -0.2) is 26.6 Å². The number of anilines is 1. The highest BCUT2D eigenvalue weighted by atomic mass is 35.5. The van der Waals surface area contributed by atoms with Crippen molar-refractivity contribution in [2.45, 2.75) is 4.90 Å². The summed E-state index contributed by atoms with van der Waals surface area (Å²) in [7, 11) is -2.77. The molecule has 0 unspecified atom stereocenters. The van der Waals surface area contributed by atoms with Crippen molar-refractivity contribution < 1.29 is 27.4 Å². The van der Waals surface area contributed by atoms with Crippen LogP contribution in [0.25, 0.3) is 0 Å². The molecule has 23 heavy (non-hydrogen) atoms. The van der Waals surface area contributed by atoms with Crippen molar-refractivity contribution in [3.8, 4) is 5.75 Å². The Bertz CT molecular complexity index is 852. The van der Waals surface area contributed by atoms with E-state index in [2.05, 4.69) is 4.72 Å². The van der Waals surface area contributed by atoms with Gasteiger partial charge in [-0.05, 0) is 30.3 Å². The van der Waals surface area contributed by atoms with E-state index in [1.165, 1.54) is 7.11 Å². The van der Waals surface area contributed by atoms with Gasteiger partial charge in [-0.15, -0.1) is 0 Å². The third-order valence-electron chi connectivity index (χ3n) is 2.89. The molecule has 0 amide bonds. The van der Waals surface area contributed by atoms with Gasteiger partial charge in [-0.1, -0.05) is 11.6 Å². The molecule has 0 aliphatic rings. The van der Waals surface area contributed by atoms with Gasteiger partial charge in [-0.3, -0.25) is 4.72 Å². The molecule has 0 aliphatic heterocycles. The summed E-state index contributed by atoms with van der Waals surface area (Å²) in [5, 5.41) is 8.92. The van der Waals surface area contributed by atoms with Crippen molar-refractivity contribution in [1.82, 2.24) is 0 Å². The van der Waals surface area contributed by atoms with Gasteiger partial charge in [-0.2, -0.15) is 0 Å². The molecule has 9 heteroatoms. The summed E-state index contributed by atoms with van der Waals surface area (Å²) < 4.78 is 44.5. The second kappa shape index (κ2) is 6.43. The molecule has 0 heterocycles. The zero-order valence-electron chi connectivity index (χ0n) is 11.7. The number of hydrogen-bond donors (Lipinski definition) is 2. The number of ether oxygens (including phenoxy) is 1. The first kappa shape index (κ1) is 17.0. The zero-order chi connectivity index (χ0) is 17.2. The second-order valence-corrected chi connectivity index (χ2v) is 6.49. The first-order chi connectivity index (χ1) is 10.7. The van der Waals surface area contributed by atoms with E-state index in [9.17, 15) is 17.6 Å². The molecule has 2 rings (SSSR count). The van der Waals surface area contributed by atoms with Gasteiger partial charge >= 0.3 is 5.97 Å². The minimum atomic E-state index is -4.01. The largest absolute Gasteiger partial charge is 0.496 e. The summed E-state index contributed by atoms with van der Waals surface area (Å²) in [6, 6.07) is 6.43. The Hall–Kier alpha value is -2.32. The SMILES string of the molecule is COc1cc(NS(=O)(=O)c2ccc(F)cc2)c(Cl)cc1C(=O)O. The van der Waals surface area contributed by atoms with Gasteiger partial charge in [0.1, 0.15) is 17.1 Å². The number of aromatic carboxylic acids is 1. The summed E-state index contributed by atoms with van der Waals surface area (Å²) in [4.78, 5) is 10.9. The summed E-state index contributed by atoms with van der Waals surface area (Å²) in [6.45, 7) is 0. The molecule has 2 N–H and O–H groups in total. The lowest BCUT2D eigenvalue weighted by atomic mass is 10.2. The second-order valence-electron chi connectivity index (χ2n) is 4.40. The van der Waals surface area contributed by atoms with Gasteiger partial charge in [0.2, 0.25) is 0 Å². The molecule has 122 valence electrons. The zero-order valence-corrected chi connectivity index (χ0v) is 13.3. The number of carboxylic acid groups (broad SMARTS) is 1. The summed E-state index contributed by atoms with van der Waals surface area (Å²) in [6.07, 6.45) is 0. The normalized spacial score (nSPS) is 11.1. The molecular weight excluding hydrogens is 349 g/mol. The Balaban J connectivity index is 2.43. The Labute approximate surface area is 136 Å². The number of sulfonamides is 1. The third-order valence-corrected chi connectivity index (χ3v) is 4.58. The van der Waals surface area contributed by atoms with Crippen molar-refractivity contribution >= 4 is 33.3 Å². The fourth-order valence-corrected chi connectivity index (χ4v) is 3.12. The van der Waals surface area contributed by atoms with E-state index in [4.69, 9.17) is 21.4 Å². The van der Waals surface area contributed by atoms with Gasteiger partial charge in [0.15, 0.2) is 0 Å². The number of hydrogen-bond acceptors (Lipinski definition) is 4. The smallest absolute Gasteiger partial charge is 0.339 e. The van der Waals surface area contributed by atoms with Crippen LogP contribution in [0.4, 0.5) is 10.1 Å². The molecule has 0 atom stereocenters. The topological polar surface area (TPSA) is 92.7 Å². The molecule has 0 radical (unpaired) electrons. The molecule has 0 fully saturated rings. The number of halogens is 2. The Morgan fingerprint density at radius 1 is 1.26 bits per heavy atom. The standard InChI is InChI=1S/C14H11ClFNO5S/c1-22-13-7-12(11(15)6-10(13)14(18)19)17-23(20,21)9-4-2-8(16)3-5-9/h2-7,17H,1H3,(H,18,19). The maximum atomic E-state index is 12.9. The summed E-state index contributed by atoms with van der Waals surface area (Å²) >= 11 is 5.92. The lowest BCUT2D eigenvalue weighted by Gasteiger charge is -2.13. The van der Waals surface area contributed by atoms with E-state index in [1.54, 1.807) is 0 Å². The number of methoxy groups -OCH3 is 1. The number of rotatable bonds is 5. The average molecular weight is 360 g/mol. The van der Waals surface area contributed by atoms with Gasteiger partial charge < -0.3 is 9.84 Å². The van der Waals surface area contributed by atoms with Crippen LogP contribution in [0, 0.1) is 5.82 Å². The Kier molecular flexibility index (Phi) is 4.76. The molecule has 2 aromatic carbocycles. The highest BCUT2D eigenvalue weighted by molar-refractivity contribution is 7.92. The molecule has 0 spiro atoms. The summed E-state index contributed by atoms with van der Waals surface area (Å²) in [5.41, 5.74) is -0.264. The lowest BCUT2D eigenvalue weighted by molar-refractivity contribution is 0.0693. The maximum Gasteiger partial charge on any atom is 0.339 e. The molecule has 0 saturated heterocycles. The minimum absolute atomic E-state index is 0.0568. The van der Waals surface area contributed by atoms with Crippen molar-refractivity contribution in [2.24, 2.45) is 0 Å². The van der Waals surface area contributed by atoms with Gasteiger partial charge in [0.05, 0.1) is 22.7 Å². The molecule has 0 aromatic heterocycles. The van der Waals surface area contributed by atoms with Crippen LogP contribution in [0.3, 0.4) is 0 Å². The molecule has 0 bridgehead atoms. The van der Waals surface area contributed by atoms with Crippen LogP contribution >= 0.6 is 11.6 Å². The van der Waals surface area contributed by atoms with Gasteiger partial charge in [0, 0.05) is 6.07 Å². The van der Waals surface area contributed by atoms with Crippen LogP contribution < -0.4 is 9.46 Å². The van der Waals surface area contributed by atoms with Crippen LogP contribution in [0.15, 0.2) is 41.3 Å². The molecule has 6 nitrogen and oxygen atoms in total. The van der Waals surface area contributed by atoms with E-state index in [-0.39, 0.29) is 26.9 Å². The Morgan fingerprint density at radius 3 is 2.39 bits per heavy atom. The van der Waals surface area contributed by atoms with Crippen molar-refractivity contribution in [3.05, 3.63) is 52.8 Å². The molecule has 0 aliphatic carbocycles. The highest BCUT2D eigenvalue weighted by Gasteiger charge is 2.20. The van der Waals surface area contributed by atoms with Crippen molar-refractivity contribution in [1.29, 1.82) is 0 Å². The van der Waals surface area contributed by atoms with Crippen LogP contribution in [0.2, 0.25) is 5.02 Å². The average Bonchev–Trinajstić information content (AvgIpc) is 2.49. The molecule has 0 saturated carbocycles. The number of benzene rings is 2. The molecular formula is C14H11ClFNO5S. The van der Waals surface area contributed by atoms with Crippen molar-refractivity contribution in [2.75, 3.05) is 11.8 Å². The number of carboxylic acids is 1. The fourth-order valence-electron chi connectivity index (χ4n) is 1.79. The van der Waals surface area contributed by atoms with Crippen LogP contribution in [0.1, 0.15) is 10.4 Å². The number of nitrogens with one attached hydrogen (secondary N) is 1. The first-order valence-corrected chi connectivity index (χ1v) is 8.00. The Morgan fingerprint density at radius 2 is 1.87 bits per heavy atom. The van der Waals surface area contributed by atoms with E-state index >= 15 is 0 Å². The van der Waals surface area contributed by atoms with E-state index in [1.807, 2.05) is 0 Å². The lowest BCUT2D eigenvalue weighted by Crippen LogP contribution is -2.14. The predicted octanol–water partition coefficient (Wildman–Crippen LogP) is 2.99. The summed E-state index contributed by atoms with van der Waals surface area (Å²) in [5.74, 6) is -1.90. The predicted molar refractivity (Wildman–Crippen MR) is 82.2 cm³/mol. The van der Waals surface area contributed by atoms with E-state index < -0.39 is 21.8 Å². The number of carbonyl (C=O) groups is 1. The monoisotopic (exact) mass is 359 g/mol. The van der Waals surface area contributed by atoms with Crippen LogP contribution in [-0.2, 0) is 10.0 Å². The van der Waals surface area contributed by atoms with Gasteiger partial charge in [0.25, 0.3) is 10.0 Å². The van der Waals surface area contributed by atoms with E-state index in [0.717, 1.165) is 36.4 Å². The highest BCUT2D eigenvalue weighted by Crippen LogP contribution is 2.32. The maximum absolute atomic E-state index is 12.9. The van der Waals surface area contributed by atoms with Crippen LogP contribution in [0.5, 0.6) is 5.75 Å². The third kappa shape index (κ3) is 3.72. The van der Waals surface area contributed by atoms with Crippen molar-refractivity contribution in [3.63, 3.8) is 0 Å². The fraction of sp³-hybridized carbons (Fsp3) is 0.0714. The minimum Gasteiger partial charge on any atom is -0.496 e. The van der Waals surface area contributed by atoms with Gasteiger partial charge in [-0.25, -0.2) is 17.6 Å². The van der Waals surface area contributed by atoms with E-state index in [0.29, 0.717) is 0 Å². The quantitative estimate of drug-likeness (QED) is 0.856.